The van der Waals surface area contributed by atoms with Gasteiger partial charge in [-0.2, -0.15) is 0 Å². The molecule has 0 aromatic heterocycles. The van der Waals surface area contributed by atoms with Crippen molar-refractivity contribution in [2.24, 2.45) is 0 Å². The van der Waals surface area contributed by atoms with Crippen LogP contribution in [0, 0.1) is 0 Å². The summed E-state index contributed by atoms with van der Waals surface area (Å²) in [5, 5.41) is 3.03. The van der Waals surface area contributed by atoms with E-state index in [1.54, 1.807) is 7.11 Å². The second-order valence-electron chi connectivity index (χ2n) is 3.95. The van der Waals surface area contributed by atoms with Gasteiger partial charge in [-0.15, -0.1) is 0 Å². The summed E-state index contributed by atoms with van der Waals surface area (Å²) in [6.45, 7) is 4.45. The number of nitrogens with one attached hydrogen (secondary N) is 1. The molecule has 0 saturated carbocycles. The van der Waals surface area contributed by atoms with E-state index in [1.807, 2.05) is 38.1 Å². The number of methoxy groups -OCH3 is 1. The van der Waals surface area contributed by atoms with Crippen molar-refractivity contribution < 1.29 is 14.3 Å². The monoisotopic (exact) mass is 237 g/mol. The molecule has 0 aliphatic carbocycles. The maximum Gasteiger partial charge on any atom is 0.320 e. The lowest BCUT2D eigenvalue weighted by atomic mass is 10.2. The number of ether oxygens (including phenoxy) is 2. The quantitative estimate of drug-likeness (QED) is 0.765. The minimum atomic E-state index is -0.241. The molecule has 0 bridgehead atoms. The third-order valence-corrected chi connectivity index (χ3v) is 2.14. The van der Waals surface area contributed by atoms with Crippen LogP contribution in [0.2, 0.25) is 0 Å². The molecule has 1 rings (SSSR count). The van der Waals surface area contributed by atoms with Crippen molar-refractivity contribution in [3.63, 3.8) is 0 Å². The largest absolute Gasteiger partial charge is 0.496 e. The van der Waals surface area contributed by atoms with E-state index in [1.165, 1.54) is 0 Å². The van der Waals surface area contributed by atoms with E-state index in [9.17, 15) is 4.79 Å². The summed E-state index contributed by atoms with van der Waals surface area (Å²) < 4.78 is 10.2. The molecule has 0 spiro atoms. The van der Waals surface area contributed by atoms with Gasteiger partial charge in [0.05, 0.1) is 19.8 Å². The van der Waals surface area contributed by atoms with E-state index >= 15 is 0 Å². The van der Waals surface area contributed by atoms with Gasteiger partial charge in [0.25, 0.3) is 0 Å². The molecule has 0 atom stereocenters. The molecule has 4 nitrogen and oxygen atoms in total. The van der Waals surface area contributed by atoms with Crippen LogP contribution in [0.15, 0.2) is 24.3 Å². The fourth-order valence-corrected chi connectivity index (χ4v) is 1.45. The first-order chi connectivity index (χ1) is 8.13. The third-order valence-electron chi connectivity index (χ3n) is 2.14. The van der Waals surface area contributed by atoms with Crippen LogP contribution in [0.4, 0.5) is 0 Å². The van der Waals surface area contributed by atoms with Crippen molar-refractivity contribution >= 4 is 5.97 Å². The highest BCUT2D eigenvalue weighted by molar-refractivity contribution is 5.71. The van der Waals surface area contributed by atoms with Gasteiger partial charge in [-0.25, -0.2) is 0 Å². The Morgan fingerprint density at radius 2 is 2.06 bits per heavy atom. The summed E-state index contributed by atoms with van der Waals surface area (Å²) in [6, 6.07) is 7.70. The first kappa shape index (κ1) is 13.5. The average Bonchev–Trinajstić information content (AvgIpc) is 2.28. The van der Waals surface area contributed by atoms with Crippen LogP contribution in [0.1, 0.15) is 19.4 Å². The van der Waals surface area contributed by atoms with E-state index in [4.69, 9.17) is 9.47 Å². The zero-order valence-electron chi connectivity index (χ0n) is 10.5. The van der Waals surface area contributed by atoms with Gasteiger partial charge in [-0.05, 0) is 19.9 Å². The molecule has 0 aliphatic heterocycles. The fourth-order valence-electron chi connectivity index (χ4n) is 1.45. The molecule has 0 unspecified atom stereocenters. The lowest BCUT2D eigenvalue weighted by molar-refractivity contribution is -0.146. The summed E-state index contributed by atoms with van der Waals surface area (Å²) in [4.78, 5) is 11.3. The molecule has 0 heterocycles. The van der Waals surface area contributed by atoms with Gasteiger partial charge >= 0.3 is 5.97 Å². The van der Waals surface area contributed by atoms with Gasteiger partial charge in [-0.3, -0.25) is 4.79 Å². The van der Waals surface area contributed by atoms with Crippen molar-refractivity contribution in [3.05, 3.63) is 29.8 Å². The molecule has 17 heavy (non-hydrogen) atoms. The number of rotatable bonds is 6. The summed E-state index contributed by atoms with van der Waals surface area (Å²) >= 11 is 0. The van der Waals surface area contributed by atoms with Gasteiger partial charge in [0.1, 0.15) is 5.75 Å². The SMILES string of the molecule is COc1ccccc1CNCC(=O)OC(C)C. The molecule has 0 aliphatic rings. The summed E-state index contributed by atoms with van der Waals surface area (Å²) in [7, 11) is 1.63. The van der Waals surface area contributed by atoms with E-state index in [-0.39, 0.29) is 18.6 Å². The minimum absolute atomic E-state index is 0.0736. The van der Waals surface area contributed by atoms with Crippen molar-refractivity contribution in [2.75, 3.05) is 13.7 Å². The van der Waals surface area contributed by atoms with Crippen molar-refractivity contribution in [1.82, 2.24) is 5.32 Å². The smallest absolute Gasteiger partial charge is 0.320 e. The van der Waals surface area contributed by atoms with Crippen LogP contribution in [0.25, 0.3) is 0 Å². The number of esters is 1. The van der Waals surface area contributed by atoms with Crippen LogP contribution in [0.3, 0.4) is 0 Å². The van der Waals surface area contributed by atoms with E-state index < -0.39 is 0 Å². The Hall–Kier alpha value is -1.55. The van der Waals surface area contributed by atoms with Gasteiger partial charge in [0, 0.05) is 12.1 Å². The maximum atomic E-state index is 11.3. The number of carbonyl (C=O) groups excluding carboxylic acids is 1. The standard InChI is InChI=1S/C13H19NO3/c1-10(2)17-13(15)9-14-8-11-6-4-5-7-12(11)16-3/h4-7,10,14H,8-9H2,1-3H3. The van der Waals surface area contributed by atoms with E-state index in [0.29, 0.717) is 6.54 Å². The fraction of sp³-hybridized carbons (Fsp3) is 0.462. The predicted octanol–water partition coefficient (Wildman–Crippen LogP) is 1.74. The van der Waals surface area contributed by atoms with Crippen LogP contribution in [-0.4, -0.2) is 25.7 Å². The number of hydrogen-bond donors (Lipinski definition) is 1. The molecule has 1 aromatic carbocycles. The summed E-state index contributed by atoms with van der Waals surface area (Å²) in [6.07, 6.45) is -0.0736. The summed E-state index contributed by atoms with van der Waals surface area (Å²) in [5.41, 5.74) is 1.02. The van der Waals surface area contributed by atoms with Gasteiger partial charge in [0.15, 0.2) is 0 Å². The topological polar surface area (TPSA) is 47.6 Å². The zero-order valence-corrected chi connectivity index (χ0v) is 10.5. The van der Waals surface area contributed by atoms with E-state index in [0.717, 1.165) is 11.3 Å². The molecule has 0 amide bonds. The molecule has 1 aromatic rings. The number of hydrogen-bond acceptors (Lipinski definition) is 4. The van der Waals surface area contributed by atoms with Crippen LogP contribution >= 0.6 is 0 Å². The molecule has 0 radical (unpaired) electrons. The highest BCUT2D eigenvalue weighted by Crippen LogP contribution is 2.16. The normalized spacial score (nSPS) is 10.4. The van der Waals surface area contributed by atoms with Gasteiger partial charge in [-0.1, -0.05) is 18.2 Å². The Morgan fingerprint density at radius 3 is 2.71 bits per heavy atom. The highest BCUT2D eigenvalue weighted by Gasteiger charge is 2.06. The second kappa shape index (κ2) is 6.91. The Labute approximate surface area is 102 Å². The van der Waals surface area contributed by atoms with E-state index in [2.05, 4.69) is 5.32 Å². The van der Waals surface area contributed by atoms with Crippen LogP contribution in [-0.2, 0) is 16.1 Å². The molecule has 0 saturated heterocycles. The predicted molar refractivity (Wildman–Crippen MR) is 65.9 cm³/mol. The summed E-state index contributed by atoms with van der Waals surface area (Å²) in [5.74, 6) is 0.576. The van der Waals surface area contributed by atoms with Gasteiger partial charge < -0.3 is 14.8 Å². The van der Waals surface area contributed by atoms with Gasteiger partial charge in [0.2, 0.25) is 0 Å². The molecule has 94 valence electrons. The lowest BCUT2D eigenvalue weighted by Crippen LogP contribution is -2.26. The average molecular weight is 237 g/mol. The first-order valence-corrected chi connectivity index (χ1v) is 5.65. The van der Waals surface area contributed by atoms with Crippen LogP contribution in [0.5, 0.6) is 5.75 Å². The zero-order chi connectivity index (χ0) is 12.7. The Morgan fingerprint density at radius 1 is 1.35 bits per heavy atom. The second-order valence-corrected chi connectivity index (χ2v) is 3.95. The lowest BCUT2D eigenvalue weighted by Gasteiger charge is -2.10. The maximum absolute atomic E-state index is 11.3. The number of para-hydroxylation sites is 1. The number of carbonyl (C=O) groups is 1. The minimum Gasteiger partial charge on any atom is -0.496 e. The number of benzene rings is 1. The third kappa shape index (κ3) is 4.87. The molecular weight excluding hydrogens is 218 g/mol. The Balaban J connectivity index is 2.38. The Kier molecular flexibility index (Phi) is 5.49. The molecule has 1 N–H and O–H groups in total. The van der Waals surface area contributed by atoms with Crippen molar-refractivity contribution in [3.8, 4) is 5.75 Å². The van der Waals surface area contributed by atoms with Crippen molar-refractivity contribution in [2.45, 2.75) is 26.5 Å². The molecule has 4 heteroatoms. The molecule has 0 fully saturated rings. The Bertz CT molecular complexity index is 363. The molecular formula is C13H19NO3. The van der Waals surface area contributed by atoms with Crippen LogP contribution < -0.4 is 10.1 Å². The first-order valence-electron chi connectivity index (χ1n) is 5.65. The highest BCUT2D eigenvalue weighted by atomic mass is 16.5. The van der Waals surface area contributed by atoms with Crippen molar-refractivity contribution in [1.29, 1.82) is 0 Å².